The highest BCUT2D eigenvalue weighted by Crippen LogP contribution is 2.28. The molecule has 1 atom stereocenters. The molecule has 0 spiro atoms. The largest absolute Gasteiger partial charge is 0.311 e. The molecule has 1 aromatic rings. The van der Waals surface area contributed by atoms with E-state index in [0.29, 0.717) is 0 Å². The van der Waals surface area contributed by atoms with Gasteiger partial charge in [0.2, 0.25) is 0 Å². The molecule has 100 valence electrons. The molecule has 1 aromatic carbocycles. The van der Waals surface area contributed by atoms with Crippen molar-refractivity contribution in [1.82, 2.24) is 5.32 Å². The lowest BCUT2D eigenvalue weighted by Crippen LogP contribution is -2.46. The van der Waals surface area contributed by atoms with Gasteiger partial charge in [0.05, 0.1) is 5.02 Å². The number of halogens is 2. The first-order valence-corrected chi connectivity index (χ1v) is 7.22. The smallest absolute Gasteiger partial charge is 0.141 e. The number of rotatable bonds is 3. The first-order valence-electron chi connectivity index (χ1n) is 6.84. The summed E-state index contributed by atoms with van der Waals surface area (Å²) in [6.07, 6.45) is 7.06. The van der Waals surface area contributed by atoms with Crippen LogP contribution in [-0.2, 0) is 6.42 Å². The van der Waals surface area contributed by atoms with Crippen molar-refractivity contribution in [3.63, 3.8) is 0 Å². The maximum absolute atomic E-state index is 13.2. The molecule has 0 aliphatic carbocycles. The van der Waals surface area contributed by atoms with E-state index in [4.69, 9.17) is 11.6 Å². The highest BCUT2D eigenvalue weighted by atomic mass is 35.5. The molecule has 1 fully saturated rings. The molecule has 1 heterocycles. The van der Waals surface area contributed by atoms with Gasteiger partial charge in [0.15, 0.2) is 0 Å². The third kappa shape index (κ3) is 3.24. The number of hydrogen-bond acceptors (Lipinski definition) is 1. The lowest BCUT2D eigenvalue weighted by Gasteiger charge is -2.33. The van der Waals surface area contributed by atoms with Gasteiger partial charge in [-0.2, -0.15) is 0 Å². The van der Waals surface area contributed by atoms with Crippen molar-refractivity contribution in [1.29, 1.82) is 0 Å². The summed E-state index contributed by atoms with van der Waals surface area (Å²) in [5.41, 5.74) is 1.29. The first-order chi connectivity index (χ1) is 8.65. The van der Waals surface area contributed by atoms with Crippen LogP contribution in [0.1, 0.15) is 44.6 Å². The zero-order valence-corrected chi connectivity index (χ0v) is 11.7. The van der Waals surface area contributed by atoms with Crippen molar-refractivity contribution in [3.05, 3.63) is 34.6 Å². The summed E-state index contributed by atoms with van der Waals surface area (Å²) in [6, 6.07) is 5.09. The summed E-state index contributed by atoms with van der Waals surface area (Å²) in [7, 11) is 0. The topological polar surface area (TPSA) is 12.0 Å². The Kier molecular flexibility index (Phi) is 4.63. The van der Waals surface area contributed by atoms with Crippen LogP contribution in [0, 0.1) is 5.82 Å². The Morgan fingerprint density at radius 1 is 1.33 bits per heavy atom. The number of hydrogen-bond donors (Lipinski definition) is 1. The summed E-state index contributed by atoms with van der Waals surface area (Å²) >= 11 is 5.86. The first kappa shape index (κ1) is 13.8. The second-order valence-electron chi connectivity index (χ2n) is 5.30. The van der Waals surface area contributed by atoms with Crippen molar-refractivity contribution in [3.8, 4) is 0 Å². The summed E-state index contributed by atoms with van der Waals surface area (Å²) in [6.45, 7) is 3.31. The Balaban J connectivity index is 2.15. The van der Waals surface area contributed by atoms with Crippen LogP contribution in [0.5, 0.6) is 0 Å². The third-order valence-electron chi connectivity index (χ3n) is 4.04. The molecule has 2 rings (SSSR count). The Hall–Kier alpha value is -0.600. The van der Waals surface area contributed by atoms with Crippen LogP contribution in [0.3, 0.4) is 0 Å². The standard InChI is InChI=1S/C15H21ClFN/c1-2-15(8-4-3-5-9-18-15)11-12-6-7-14(17)13(16)10-12/h6-7,10,18H,2-5,8-9,11H2,1H3. The molecule has 18 heavy (non-hydrogen) atoms. The average molecular weight is 270 g/mol. The molecule has 1 unspecified atom stereocenters. The van der Waals surface area contributed by atoms with E-state index in [1.807, 2.05) is 6.07 Å². The lowest BCUT2D eigenvalue weighted by molar-refractivity contribution is 0.302. The van der Waals surface area contributed by atoms with Crippen molar-refractivity contribution in [2.75, 3.05) is 6.54 Å². The monoisotopic (exact) mass is 269 g/mol. The SMILES string of the molecule is CCC1(Cc2ccc(F)c(Cl)c2)CCCCCN1. The van der Waals surface area contributed by atoms with E-state index in [1.54, 1.807) is 6.07 Å². The minimum Gasteiger partial charge on any atom is -0.311 e. The summed E-state index contributed by atoms with van der Waals surface area (Å²) < 4.78 is 13.2. The molecule has 0 saturated carbocycles. The molecule has 3 heteroatoms. The Labute approximate surface area is 114 Å². The van der Waals surface area contributed by atoms with Gasteiger partial charge in [-0.1, -0.05) is 37.4 Å². The van der Waals surface area contributed by atoms with Gasteiger partial charge >= 0.3 is 0 Å². The van der Waals surface area contributed by atoms with E-state index in [9.17, 15) is 4.39 Å². The molecule has 1 saturated heterocycles. The van der Waals surface area contributed by atoms with Gasteiger partial charge < -0.3 is 5.32 Å². The van der Waals surface area contributed by atoms with Gasteiger partial charge in [-0.3, -0.25) is 0 Å². The fraction of sp³-hybridized carbons (Fsp3) is 0.600. The van der Waals surface area contributed by atoms with Crippen molar-refractivity contribution in [2.45, 2.75) is 51.0 Å². The average Bonchev–Trinajstić information content (AvgIpc) is 2.60. The maximum Gasteiger partial charge on any atom is 0.141 e. The van der Waals surface area contributed by atoms with Crippen LogP contribution >= 0.6 is 11.6 Å². The van der Waals surface area contributed by atoms with Gasteiger partial charge in [-0.05, 0) is 49.9 Å². The van der Waals surface area contributed by atoms with Gasteiger partial charge in [-0.25, -0.2) is 4.39 Å². The molecule has 1 N–H and O–H groups in total. The van der Waals surface area contributed by atoms with E-state index in [2.05, 4.69) is 12.2 Å². The fourth-order valence-corrected chi connectivity index (χ4v) is 3.03. The number of benzene rings is 1. The van der Waals surface area contributed by atoms with E-state index in [-0.39, 0.29) is 16.4 Å². The molecular formula is C15H21ClFN. The zero-order valence-electron chi connectivity index (χ0n) is 10.9. The van der Waals surface area contributed by atoms with Crippen LogP contribution < -0.4 is 5.32 Å². The molecule has 1 nitrogen and oxygen atoms in total. The van der Waals surface area contributed by atoms with Crippen LogP contribution in [0.4, 0.5) is 4.39 Å². The van der Waals surface area contributed by atoms with Gasteiger partial charge in [0.25, 0.3) is 0 Å². The van der Waals surface area contributed by atoms with E-state index >= 15 is 0 Å². The predicted octanol–water partition coefficient (Wildman–Crippen LogP) is 4.33. The minimum atomic E-state index is -0.334. The zero-order chi connectivity index (χ0) is 13.0. The summed E-state index contributed by atoms with van der Waals surface area (Å²) in [5, 5.41) is 3.92. The van der Waals surface area contributed by atoms with E-state index in [0.717, 1.165) is 24.9 Å². The Morgan fingerprint density at radius 3 is 2.89 bits per heavy atom. The highest BCUT2D eigenvalue weighted by Gasteiger charge is 2.28. The molecule has 0 radical (unpaired) electrons. The summed E-state index contributed by atoms with van der Waals surface area (Å²) in [4.78, 5) is 0. The fourth-order valence-electron chi connectivity index (χ4n) is 2.83. The molecule has 0 amide bonds. The van der Waals surface area contributed by atoms with Crippen molar-refractivity contribution < 1.29 is 4.39 Å². The maximum atomic E-state index is 13.2. The van der Waals surface area contributed by atoms with Crippen LogP contribution in [-0.4, -0.2) is 12.1 Å². The predicted molar refractivity (Wildman–Crippen MR) is 74.6 cm³/mol. The highest BCUT2D eigenvalue weighted by molar-refractivity contribution is 6.30. The molecule has 1 aliphatic rings. The van der Waals surface area contributed by atoms with Crippen LogP contribution in [0.25, 0.3) is 0 Å². The van der Waals surface area contributed by atoms with Crippen LogP contribution in [0.2, 0.25) is 5.02 Å². The summed E-state index contributed by atoms with van der Waals surface area (Å²) in [5.74, 6) is -0.334. The van der Waals surface area contributed by atoms with E-state index < -0.39 is 0 Å². The van der Waals surface area contributed by atoms with E-state index in [1.165, 1.54) is 31.7 Å². The third-order valence-corrected chi connectivity index (χ3v) is 4.33. The Bertz CT molecular complexity index is 397. The molecule has 0 bridgehead atoms. The van der Waals surface area contributed by atoms with Crippen LogP contribution in [0.15, 0.2) is 18.2 Å². The normalized spacial score (nSPS) is 24.8. The lowest BCUT2D eigenvalue weighted by atomic mass is 9.84. The second kappa shape index (κ2) is 6.03. The quantitative estimate of drug-likeness (QED) is 0.861. The molecular weight excluding hydrogens is 249 g/mol. The van der Waals surface area contributed by atoms with Crippen molar-refractivity contribution in [2.24, 2.45) is 0 Å². The molecule has 0 aromatic heterocycles. The minimum absolute atomic E-state index is 0.164. The second-order valence-corrected chi connectivity index (χ2v) is 5.70. The Morgan fingerprint density at radius 2 is 2.17 bits per heavy atom. The molecule has 1 aliphatic heterocycles. The van der Waals surface area contributed by atoms with Gasteiger partial charge in [-0.15, -0.1) is 0 Å². The van der Waals surface area contributed by atoms with Gasteiger partial charge in [0, 0.05) is 5.54 Å². The number of nitrogens with one attached hydrogen (secondary N) is 1. The van der Waals surface area contributed by atoms with Gasteiger partial charge in [0.1, 0.15) is 5.82 Å². The van der Waals surface area contributed by atoms with Crippen molar-refractivity contribution >= 4 is 11.6 Å².